The molecule has 0 fully saturated rings. The number of nitrogens with zero attached hydrogens (tertiary/aromatic N) is 3. The number of hydrogen-bond acceptors (Lipinski definition) is 6. The fraction of sp³-hybridized carbons (Fsp3) is 0.250. The zero-order valence-electron chi connectivity index (χ0n) is 18.0. The van der Waals surface area contributed by atoms with Gasteiger partial charge in [-0.05, 0) is 50.6 Å². The van der Waals surface area contributed by atoms with Gasteiger partial charge in [0.15, 0.2) is 0 Å². The van der Waals surface area contributed by atoms with Gasteiger partial charge in [-0.15, -0.1) is 0 Å². The molecule has 0 unspecified atom stereocenters. The number of halogens is 1. The zero-order valence-corrected chi connectivity index (χ0v) is 18.7. The van der Waals surface area contributed by atoms with Crippen molar-refractivity contribution in [3.8, 4) is 11.1 Å². The molecule has 1 aromatic carbocycles. The van der Waals surface area contributed by atoms with Gasteiger partial charge in [-0.1, -0.05) is 23.7 Å². The van der Waals surface area contributed by atoms with E-state index in [1.165, 1.54) is 0 Å². The number of aromatic nitrogens is 3. The van der Waals surface area contributed by atoms with E-state index in [9.17, 15) is 9.59 Å². The number of rotatable bonds is 5. The molecule has 0 radical (unpaired) electrons. The van der Waals surface area contributed by atoms with Gasteiger partial charge in [-0.25, -0.2) is 4.52 Å². The highest BCUT2D eigenvalue weighted by Crippen LogP contribution is 2.34. The Bertz CT molecular complexity index is 1320. The fourth-order valence-electron chi connectivity index (χ4n) is 3.29. The van der Waals surface area contributed by atoms with Crippen LogP contribution in [0.1, 0.15) is 26.3 Å². The molecule has 0 saturated heterocycles. The Hall–Kier alpha value is -3.45. The van der Waals surface area contributed by atoms with E-state index in [2.05, 4.69) is 10.1 Å². The molecule has 0 aliphatic rings. The minimum absolute atomic E-state index is 0.0124. The van der Waals surface area contributed by atoms with Crippen molar-refractivity contribution in [2.45, 2.75) is 27.2 Å². The summed E-state index contributed by atoms with van der Waals surface area (Å²) in [5.74, 6) is -0.955. The third-order valence-electron chi connectivity index (χ3n) is 4.97. The summed E-state index contributed by atoms with van der Waals surface area (Å²) in [6, 6.07) is 11.5. The van der Waals surface area contributed by atoms with Gasteiger partial charge in [0, 0.05) is 28.9 Å². The van der Waals surface area contributed by atoms with E-state index in [0.717, 1.165) is 27.5 Å². The van der Waals surface area contributed by atoms with E-state index in [0.29, 0.717) is 10.6 Å². The predicted molar refractivity (Wildman–Crippen MR) is 121 cm³/mol. The van der Waals surface area contributed by atoms with Crippen LogP contribution in [0.2, 0.25) is 5.02 Å². The van der Waals surface area contributed by atoms with Gasteiger partial charge in [-0.2, -0.15) is 5.10 Å². The SMILES string of the molecule is CC(C)(C)C(=O)OCOC(=O)Cc1cnn2ccc(-c3c(Cl)ccc4cccnc34)cc12. The van der Waals surface area contributed by atoms with Crippen molar-refractivity contribution in [3.63, 3.8) is 0 Å². The first-order chi connectivity index (χ1) is 15.2. The van der Waals surface area contributed by atoms with Gasteiger partial charge in [0.1, 0.15) is 0 Å². The molecule has 0 spiro atoms. The maximum absolute atomic E-state index is 12.3. The minimum atomic E-state index is -0.664. The summed E-state index contributed by atoms with van der Waals surface area (Å²) in [6.45, 7) is 4.76. The molecular weight excluding hydrogens is 430 g/mol. The first kappa shape index (κ1) is 21.8. The predicted octanol–water partition coefficient (Wildman–Crippen LogP) is 4.84. The summed E-state index contributed by atoms with van der Waals surface area (Å²) in [6.07, 6.45) is 5.14. The van der Waals surface area contributed by atoms with Crippen LogP contribution in [-0.2, 0) is 25.5 Å². The average Bonchev–Trinajstić information content (AvgIpc) is 3.14. The smallest absolute Gasteiger partial charge is 0.314 e. The molecule has 0 aliphatic carbocycles. The quantitative estimate of drug-likeness (QED) is 0.319. The molecule has 4 aromatic rings. The molecule has 0 bridgehead atoms. The number of ether oxygens (including phenoxy) is 2. The molecule has 0 saturated carbocycles. The maximum Gasteiger partial charge on any atom is 0.314 e. The van der Waals surface area contributed by atoms with Gasteiger partial charge in [0.25, 0.3) is 0 Å². The zero-order chi connectivity index (χ0) is 22.9. The van der Waals surface area contributed by atoms with Gasteiger partial charge in [-0.3, -0.25) is 14.6 Å². The fourth-order valence-corrected chi connectivity index (χ4v) is 3.55. The molecule has 0 aliphatic heterocycles. The van der Waals surface area contributed by atoms with E-state index >= 15 is 0 Å². The second-order valence-electron chi connectivity index (χ2n) is 8.41. The monoisotopic (exact) mass is 451 g/mol. The lowest BCUT2D eigenvalue weighted by Crippen LogP contribution is -2.25. The van der Waals surface area contributed by atoms with Gasteiger partial charge >= 0.3 is 11.9 Å². The summed E-state index contributed by atoms with van der Waals surface area (Å²) in [5.41, 5.74) is 3.24. The van der Waals surface area contributed by atoms with E-state index < -0.39 is 24.1 Å². The molecule has 164 valence electrons. The van der Waals surface area contributed by atoms with Crippen LogP contribution in [0, 0.1) is 5.41 Å². The van der Waals surface area contributed by atoms with Gasteiger partial charge < -0.3 is 9.47 Å². The van der Waals surface area contributed by atoms with Crippen molar-refractivity contribution in [2.75, 3.05) is 6.79 Å². The lowest BCUT2D eigenvalue weighted by molar-refractivity contribution is -0.172. The third-order valence-corrected chi connectivity index (χ3v) is 5.29. The van der Waals surface area contributed by atoms with Gasteiger partial charge in [0.05, 0.1) is 34.1 Å². The van der Waals surface area contributed by atoms with Crippen molar-refractivity contribution >= 4 is 40.0 Å². The summed E-state index contributed by atoms with van der Waals surface area (Å²) >= 11 is 6.52. The largest absolute Gasteiger partial charge is 0.428 e. The lowest BCUT2D eigenvalue weighted by atomic mass is 9.98. The number of pyridine rings is 2. The average molecular weight is 452 g/mol. The highest BCUT2D eigenvalue weighted by molar-refractivity contribution is 6.35. The Morgan fingerprint density at radius 1 is 1.12 bits per heavy atom. The molecule has 32 heavy (non-hydrogen) atoms. The van der Waals surface area contributed by atoms with Crippen LogP contribution < -0.4 is 0 Å². The van der Waals surface area contributed by atoms with Crippen LogP contribution in [-0.4, -0.2) is 33.3 Å². The van der Waals surface area contributed by atoms with Crippen molar-refractivity contribution in [1.29, 1.82) is 0 Å². The molecule has 4 rings (SSSR count). The molecule has 3 heterocycles. The number of carbonyl (C=O) groups excluding carboxylic acids is 2. The topological polar surface area (TPSA) is 82.8 Å². The third kappa shape index (κ3) is 4.43. The highest BCUT2D eigenvalue weighted by atomic mass is 35.5. The highest BCUT2D eigenvalue weighted by Gasteiger charge is 2.23. The van der Waals surface area contributed by atoms with Crippen molar-refractivity contribution in [2.24, 2.45) is 5.41 Å². The molecular formula is C24H22ClN3O4. The Labute approximate surface area is 189 Å². The number of fused-ring (bicyclic) bond motifs is 2. The second-order valence-corrected chi connectivity index (χ2v) is 8.81. The molecule has 0 N–H and O–H groups in total. The number of hydrogen-bond donors (Lipinski definition) is 0. The van der Waals surface area contributed by atoms with Crippen molar-refractivity contribution in [1.82, 2.24) is 14.6 Å². The Balaban J connectivity index is 1.57. The molecule has 8 heteroatoms. The Kier molecular flexibility index (Phi) is 5.84. The van der Waals surface area contributed by atoms with Crippen LogP contribution in [0.5, 0.6) is 0 Å². The van der Waals surface area contributed by atoms with Crippen LogP contribution in [0.4, 0.5) is 0 Å². The van der Waals surface area contributed by atoms with E-state index in [-0.39, 0.29) is 6.42 Å². The first-order valence-electron chi connectivity index (χ1n) is 10.1. The van der Waals surface area contributed by atoms with Crippen molar-refractivity contribution in [3.05, 3.63) is 65.6 Å². The number of benzene rings is 1. The molecule has 0 amide bonds. The standard InChI is InChI=1S/C24H22ClN3O4/c1-24(2,3)23(30)32-14-31-20(29)12-17-13-27-28-10-8-16(11-19(17)28)21-18(25)7-6-15-5-4-9-26-22(15)21/h4-11,13H,12,14H2,1-3H3. The maximum atomic E-state index is 12.3. The van der Waals surface area contributed by atoms with Crippen LogP contribution >= 0.6 is 11.6 Å². The molecule has 3 aromatic heterocycles. The van der Waals surface area contributed by atoms with Crippen LogP contribution in [0.25, 0.3) is 27.5 Å². The Morgan fingerprint density at radius 2 is 1.94 bits per heavy atom. The molecule has 7 nitrogen and oxygen atoms in total. The van der Waals surface area contributed by atoms with E-state index in [1.807, 2.05) is 42.6 Å². The van der Waals surface area contributed by atoms with Gasteiger partial charge in [0.2, 0.25) is 6.79 Å². The van der Waals surface area contributed by atoms with Crippen LogP contribution in [0.3, 0.4) is 0 Å². The van der Waals surface area contributed by atoms with E-state index in [1.54, 1.807) is 37.7 Å². The summed E-state index contributed by atoms with van der Waals surface area (Å²) < 4.78 is 11.7. The lowest BCUT2D eigenvalue weighted by Gasteiger charge is -2.16. The Morgan fingerprint density at radius 3 is 2.72 bits per heavy atom. The first-order valence-corrected chi connectivity index (χ1v) is 10.4. The normalized spacial score (nSPS) is 11.6. The second kappa shape index (κ2) is 8.59. The summed E-state index contributed by atoms with van der Waals surface area (Å²) in [7, 11) is 0. The molecule has 0 atom stereocenters. The minimum Gasteiger partial charge on any atom is -0.428 e. The number of carbonyl (C=O) groups is 2. The van der Waals surface area contributed by atoms with Crippen LogP contribution in [0.15, 0.2) is 55.0 Å². The van der Waals surface area contributed by atoms with Crippen molar-refractivity contribution < 1.29 is 19.1 Å². The summed E-state index contributed by atoms with van der Waals surface area (Å²) in [5, 5.41) is 5.87. The number of esters is 2. The van der Waals surface area contributed by atoms with E-state index in [4.69, 9.17) is 21.1 Å². The summed E-state index contributed by atoms with van der Waals surface area (Å²) in [4.78, 5) is 28.6.